The lowest BCUT2D eigenvalue weighted by Gasteiger charge is -2.10. The Morgan fingerprint density at radius 2 is 1.78 bits per heavy atom. The second-order valence-electron chi connectivity index (χ2n) is 7.72. The standard InChI is InChI=1S/C25H23NO6/c1-14-8-21-19(11-24(27)31-23(21)9-15(14)2)12-30-25(28)18-6-5-7-20(10-18)29-13-22-16(3)26-32-17(22)4/h5-11H,12-13H2,1-4H3. The van der Waals surface area contributed by atoms with E-state index >= 15 is 0 Å². The molecule has 0 fully saturated rings. The highest BCUT2D eigenvalue weighted by Crippen LogP contribution is 2.23. The van der Waals surface area contributed by atoms with Crippen LogP contribution in [0, 0.1) is 27.7 Å². The molecule has 7 nitrogen and oxygen atoms in total. The number of esters is 1. The molecular weight excluding hydrogens is 410 g/mol. The van der Waals surface area contributed by atoms with Crippen molar-refractivity contribution in [2.45, 2.75) is 40.9 Å². The topological polar surface area (TPSA) is 91.8 Å². The van der Waals surface area contributed by atoms with Gasteiger partial charge in [0, 0.05) is 17.0 Å². The summed E-state index contributed by atoms with van der Waals surface area (Å²) < 4.78 is 21.7. The second-order valence-corrected chi connectivity index (χ2v) is 7.72. The van der Waals surface area contributed by atoms with Gasteiger partial charge in [-0.1, -0.05) is 11.2 Å². The summed E-state index contributed by atoms with van der Waals surface area (Å²) in [5, 5.41) is 4.65. The van der Waals surface area contributed by atoms with Gasteiger partial charge in [0.2, 0.25) is 0 Å². The van der Waals surface area contributed by atoms with Gasteiger partial charge < -0.3 is 18.4 Å². The highest BCUT2D eigenvalue weighted by Gasteiger charge is 2.14. The van der Waals surface area contributed by atoms with Crippen LogP contribution < -0.4 is 10.4 Å². The summed E-state index contributed by atoms with van der Waals surface area (Å²) >= 11 is 0. The van der Waals surface area contributed by atoms with Crippen LogP contribution in [0.3, 0.4) is 0 Å². The lowest BCUT2D eigenvalue weighted by molar-refractivity contribution is 0.0473. The molecule has 0 aliphatic carbocycles. The minimum Gasteiger partial charge on any atom is -0.489 e. The third-order valence-corrected chi connectivity index (χ3v) is 5.44. The first-order chi connectivity index (χ1) is 15.3. The van der Waals surface area contributed by atoms with E-state index in [0.29, 0.717) is 28.2 Å². The normalized spacial score (nSPS) is 11.0. The van der Waals surface area contributed by atoms with Crippen LogP contribution in [0.1, 0.15) is 44.1 Å². The van der Waals surface area contributed by atoms with E-state index in [1.54, 1.807) is 24.3 Å². The number of hydrogen-bond acceptors (Lipinski definition) is 7. The predicted molar refractivity (Wildman–Crippen MR) is 118 cm³/mol. The predicted octanol–water partition coefficient (Wildman–Crippen LogP) is 4.95. The minimum absolute atomic E-state index is 0.0480. The first-order valence-corrected chi connectivity index (χ1v) is 10.2. The van der Waals surface area contributed by atoms with E-state index in [4.69, 9.17) is 18.4 Å². The molecule has 2 heterocycles. The summed E-state index contributed by atoms with van der Waals surface area (Å²) in [6, 6.07) is 11.8. The monoisotopic (exact) mass is 433 g/mol. The summed E-state index contributed by atoms with van der Waals surface area (Å²) in [4.78, 5) is 24.6. The van der Waals surface area contributed by atoms with Gasteiger partial charge in [-0.25, -0.2) is 9.59 Å². The van der Waals surface area contributed by atoms with Crippen LogP contribution in [0.25, 0.3) is 11.0 Å². The number of ether oxygens (including phenoxy) is 2. The fourth-order valence-corrected chi connectivity index (χ4v) is 3.41. The van der Waals surface area contributed by atoms with Crippen molar-refractivity contribution in [3.63, 3.8) is 0 Å². The summed E-state index contributed by atoms with van der Waals surface area (Å²) in [7, 11) is 0. The molecule has 0 saturated carbocycles. The molecule has 2 aromatic carbocycles. The summed E-state index contributed by atoms with van der Waals surface area (Å²) in [6.07, 6.45) is 0. The Morgan fingerprint density at radius 3 is 2.53 bits per heavy atom. The largest absolute Gasteiger partial charge is 0.489 e. The maximum atomic E-state index is 12.6. The maximum absolute atomic E-state index is 12.6. The average molecular weight is 433 g/mol. The van der Waals surface area contributed by atoms with Crippen LogP contribution >= 0.6 is 0 Å². The third kappa shape index (κ3) is 4.42. The van der Waals surface area contributed by atoms with E-state index in [2.05, 4.69) is 5.16 Å². The minimum atomic E-state index is -0.516. The first kappa shape index (κ1) is 21.4. The van der Waals surface area contributed by atoms with E-state index in [1.807, 2.05) is 39.8 Å². The summed E-state index contributed by atoms with van der Waals surface area (Å²) in [6.45, 7) is 7.83. The molecule has 0 N–H and O–H groups in total. The first-order valence-electron chi connectivity index (χ1n) is 10.2. The number of fused-ring (bicyclic) bond motifs is 1. The molecule has 0 bridgehead atoms. The van der Waals surface area contributed by atoms with E-state index in [0.717, 1.165) is 27.8 Å². The van der Waals surface area contributed by atoms with Crippen LogP contribution in [0.15, 0.2) is 56.2 Å². The van der Waals surface area contributed by atoms with Gasteiger partial charge in [0.25, 0.3) is 0 Å². The molecule has 4 aromatic rings. The third-order valence-electron chi connectivity index (χ3n) is 5.44. The zero-order chi connectivity index (χ0) is 22.8. The van der Waals surface area contributed by atoms with E-state index in [-0.39, 0.29) is 13.2 Å². The van der Waals surface area contributed by atoms with Gasteiger partial charge in [0.1, 0.15) is 30.3 Å². The molecular formula is C25H23NO6. The molecule has 164 valence electrons. The molecule has 0 unspecified atom stereocenters. The van der Waals surface area contributed by atoms with Crippen LogP contribution in [0.5, 0.6) is 5.75 Å². The molecule has 7 heteroatoms. The molecule has 32 heavy (non-hydrogen) atoms. The van der Waals surface area contributed by atoms with Gasteiger partial charge in [-0.05, 0) is 69.2 Å². The fraction of sp³-hybridized carbons (Fsp3) is 0.240. The number of hydrogen-bond donors (Lipinski definition) is 0. The Labute approximate surface area is 184 Å². The van der Waals surface area contributed by atoms with Crippen molar-refractivity contribution in [1.82, 2.24) is 5.16 Å². The molecule has 0 aliphatic heterocycles. The Kier molecular flexibility index (Phi) is 5.81. The van der Waals surface area contributed by atoms with Gasteiger partial charge in [0.15, 0.2) is 0 Å². The van der Waals surface area contributed by atoms with Crippen LogP contribution in [0.4, 0.5) is 0 Å². The molecule has 4 rings (SSSR count). The Morgan fingerprint density at radius 1 is 1.00 bits per heavy atom. The molecule has 0 radical (unpaired) electrons. The molecule has 0 spiro atoms. The van der Waals surface area contributed by atoms with Gasteiger partial charge >= 0.3 is 11.6 Å². The van der Waals surface area contributed by atoms with Crippen molar-refractivity contribution in [3.8, 4) is 5.75 Å². The van der Waals surface area contributed by atoms with E-state index in [1.165, 1.54) is 6.07 Å². The number of carbonyl (C=O) groups is 1. The second kappa shape index (κ2) is 8.70. The molecule has 0 aliphatic rings. The van der Waals surface area contributed by atoms with E-state index < -0.39 is 11.6 Å². The Balaban J connectivity index is 1.49. The molecule has 0 amide bonds. The van der Waals surface area contributed by atoms with Crippen molar-refractivity contribution < 1.29 is 23.2 Å². The smallest absolute Gasteiger partial charge is 0.338 e. The average Bonchev–Trinajstić information content (AvgIpc) is 3.09. The number of nitrogens with zero attached hydrogens (tertiary/aromatic N) is 1. The van der Waals surface area contributed by atoms with Crippen molar-refractivity contribution in [2.24, 2.45) is 0 Å². The van der Waals surface area contributed by atoms with E-state index in [9.17, 15) is 9.59 Å². The summed E-state index contributed by atoms with van der Waals surface area (Å²) in [5.41, 5.74) is 4.65. The number of aromatic nitrogens is 1. The number of benzene rings is 2. The quantitative estimate of drug-likeness (QED) is 0.314. The molecule has 2 aromatic heterocycles. The zero-order valence-electron chi connectivity index (χ0n) is 18.4. The van der Waals surface area contributed by atoms with Gasteiger partial charge in [-0.15, -0.1) is 0 Å². The highest BCUT2D eigenvalue weighted by molar-refractivity contribution is 5.90. The fourth-order valence-electron chi connectivity index (χ4n) is 3.41. The van der Waals surface area contributed by atoms with Crippen molar-refractivity contribution >= 4 is 16.9 Å². The SMILES string of the molecule is Cc1cc2oc(=O)cc(COC(=O)c3cccc(OCc4c(C)noc4C)c3)c2cc1C. The maximum Gasteiger partial charge on any atom is 0.338 e. The van der Waals surface area contributed by atoms with Crippen molar-refractivity contribution in [2.75, 3.05) is 0 Å². The number of rotatable bonds is 6. The lowest BCUT2D eigenvalue weighted by atomic mass is 10.0. The highest BCUT2D eigenvalue weighted by atomic mass is 16.5. The Hall–Kier alpha value is -3.87. The Bertz CT molecular complexity index is 1350. The summed E-state index contributed by atoms with van der Waals surface area (Å²) in [5.74, 6) is 0.706. The van der Waals surface area contributed by atoms with Crippen LogP contribution in [-0.2, 0) is 18.0 Å². The van der Waals surface area contributed by atoms with Crippen molar-refractivity contribution in [1.29, 1.82) is 0 Å². The molecule has 0 atom stereocenters. The number of carbonyl (C=O) groups excluding carboxylic acids is 1. The van der Waals surface area contributed by atoms with Crippen LogP contribution in [-0.4, -0.2) is 11.1 Å². The lowest BCUT2D eigenvalue weighted by Crippen LogP contribution is -2.08. The van der Waals surface area contributed by atoms with Gasteiger partial charge in [0.05, 0.1) is 16.8 Å². The van der Waals surface area contributed by atoms with Crippen molar-refractivity contribution in [3.05, 3.63) is 92.2 Å². The van der Waals surface area contributed by atoms with Crippen LogP contribution in [0.2, 0.25) is 0 Å². The van der Waals surface area contributed by atoms with Gasteiger partial charge in [-0.2, -0.15) is 0 Å². The van der Waals surface area contributed by atoms with Gasteiger partial charge in [-0.3, -0.25) is 0 Å². The molecule has 0 saturated heterocycles. The zero-order valence-corrected chi connectivity index (χ0v) is 18.4. The number of aryl methyl sites for hydroxylation is 4.